The zero-order chi connectivity index (χ0) is 4.71. The van der Waals surface area contributed by atoms with Crippen molar-refractivity contribution in [2.45, 2.75) is 13.8 Å². The van der Waals surface area contributed by atoms with Gasteiger partial charge in [-0.15, -0.1) is 0 Å². The van der Waals surface area contributed by atoms with Crippen molar-refractivity contribution < 1.29 is 22.1 Å². The van der Waals surface area contributed by atoms with E-state index < -0.39 is 0 Å². The minimum atomic E-state index is 0. The van der Waals surface area contributed by atoms with Gasteiger partial charge in [-0.1, -0.05) is 0 Å². The topological polar surface area (TPSA) is 20.2 Å². The van der Waals surface area contributed by atoms with Gasteiger partial charge >= 0.3 is 23.1 Å². The van der Waals surface area contributed by atoms with E-state index in [9.17, 15) is 0 Å². The summed E-state index contributed by atoms with van der Waals surface area (Å²) in [4.78, 5) is 0. The third-order valence-corrected chi connectivity index (χ3v) is 0. The normalized spacial score (nSPS) is 3.43. The van der Waals surface area contributed by atoms with E-state index in [2.05, 4.69) is 6.92 Å². The molecule has 0 aromatic rings. The van der Waals surface area contributed by atoms with Gasteiger partial charge in [-0.2, -0.15) is 6.92 Å². The standard InChI is InChI=1S/C2H6O.C2H5.BrH.Mg/c1-2-3;1-2;;/h3H,2H2,1H3;1H2,2H3;1H;/q;-1;;+2/p-1. The molecule has 0 atom stereocenters. The summed E-state index contributed by atoms with van der Waals surface area (Å²) < 4.78 is 0. The van der Waals surface area contributed by atoms with Gasteiger partial charge < -0.3 is 29.0 Å². The van der Waals surface area contributed by atoms with Crippen molar-refractivity contribution in [2.75, 3.05) is 6.61 Å². The Morgan fingerprint density at radius 2 is 1.43 bits per heavy atom. The maximum Gasteiger partial charge on any atom is 2.00 e. The molecule has 0 aliphatic rings. The van der Waals surface area contributed by atoms with Crippen LogP contribution in [-0.4, -0.2) is 34.8 Å². The minimum Gasteiger partial charge on any atom is -1.00 e. The molecule has 0 amide bonds. The molecule has 7 heavy (non-hydrogen) atoms. The van der Waals surface area contributed by atoms with Crippen LogP contribution in [-0.2, 0) is 0 Å². The summed E-state index contributed by atoms with van der Waals surface area (Å²) in [5.74, 6) is 0. The smallest absolute Gasteiger partial charge is 1.00 e. The maximum atomic E-state index is 7.57. The second-order valence-electron chi connectivity index (χ2n) is 0.316. The zero-order valence-corrected chi connectivity index (χ0v) is 7.95. The van der Waals surface area contributed by atoms with E-state index in [0.717, 1.165) is 0 Å². The number of hydrogen-bond donors (Lipinski definition) is 1. The van der Waals surface area contributed by atoms with Crippen LogP contribution in [0.5, 0.6) is 0 Å². The van der Waals surface area contributed by atoms with Gasteiger partial charge in [0.15, 0.2) is 0 Å². The Bertz CT molecular complexity index is 11.7. The van der Waals surface area contributed by atoms with Crippen LogP contribution in [0.1, 0.15) is 13.8 Å². The molecular formula is C4H11BrMgO. The van der Waals surface area contributed by atoms with E-state index in [4.69, 9.17) is 5.11 Å². The van der Waals surface area contributed by atoms with Crippen LogP contribution in [0.25, 0.3) is 0 Å². The van der Waals surface area contributed by atoms with E-state index >= 15 is 0 Å². The van der Waals surface area contributed by atoms with Gasteiger partial charge in [-0.25, -0.2) is 0 Å². The first kappa shape index (κ1) is 24.1. The van der Waals surface area contributed by atoms with Crippen LogP contribution < -0.4 is 17.0 Å². The van der Waals surface area contributed by atoms with Gasteiger partial charge in [0.2, 0.25) is 0 Å². The average Bonchev–Trinajstić information content (AvgIpc) is 1.46. The zero-order valence-electron chi connectivity index (χ0n) is 4.95. The van der Waals surface area contributed by atoms with Gasteiger partial charge in [0, 0.05) is 6.61 Å². The van der Waals surface area contributed by atoms with Crippen LogP contribution in [0.2, 0.25) is 0 Å². The summed E-state index contributed by atoms with van der Waals surface area (Å²) >= 11 is 0. The second kappa shape index (κ2) is 57.0. The molecule has 0 rings (SSSR count). The fraction of sp³-hybridized carbons (Fsp3) is 0.750. The molecule has 0 aromatic heterocycles. The Kier molecular flexibility index (Phi) is 196. The molecule has 0 radical (unpaired) electrons. The van der Waals surface area contributed by atoms with Crippen molar-refractivity contribution in [1.29, 1.82) is 0 Å². The first-order valence-corrected chi connectivity index (χ1v) is 1.73. The number of hydrogen-bond acceptors (Lipinski definition) is 1. The van der Waals surface area contributed by atoms with E-state index in [1.807, 2.05) is 0 Å². The Morgan fingerprint density at radius 3 is 1.43 bits per heavy atom. The third-order valence-electron chi connectivity index (χ3n) is 0. The molecule has 1 nitrogen and oxygen atoms in total. The summed E-state index contributed by atoms with van der Waals surface area (Å²) in [6.45, 7) is 6.93. The van der Waals surface area contributed by atoms with Crippen LogP contribution in [0.4, 0.5) is 0 Å². The molecule has 0 aromatic carbocycles. The minimum absolute atomic E-state index is 0. The van der Waals surface area contributed by atoms with Crippen LogP contribution in [0, 0.1) is 6.92 Å². The van der Waals surface area contributed by atoms with Crippen molar-refractivity contribution in [3.63, 3.8) is 0 Å². The van der Waals surface area contributed by atoms with Gasteiger partial charge in [-0.3, -0.25) is 0 Å². The second-order valence-corrected chi connectivity index (χ2v) is 0.316. The van der Waals surface area contributed by atoms with Gasteiger partial charge in [0.1, 0.15) is 0 Å². The third kappa shape index (κ3) is 134. The molecule has 0 saturated heterocycles. The SMILES string of the molecule is CCO.[Br-].[CH2-]C.[Mg+2]. The fourth-order valence-electron chi connectivity index (χ4n) is 0. The molecule has 1 N–H and O–H groups in total. The van der Waals surface area contributed by atoms with Crippen LogP contribution in [0.3, 0.4) is 0 Å². The molecule has 0 aliphatic carbocycles. The van der Waals surface area contributed by atoms with E-state index in [1.54, 1.807) is 13.8 Å². The van der Waals surface area contributed by atoms with Crippen molar-refractivity contribution in [3.05, 3.63) is 6.92 Å². The first-order chi connectivity index (χ1) is 2.41. The summed E-state index contributed by atoms with van der Waals surface area (Å²) in [7, 11) is 0. The van der Waals surface area contributed by atoms with E-state index in [-0.39, 0.29) is 46.6 Å². The molecule has 3 heteroatoms. The molecule has 42 valence electrons. The molecule has 0 unspecified atom stereocenters. The molecular weight excluding hydrogens is 168 g/mol. The number of rotatable bonds is 0. The Balaban J connectivity index is -0.0000000105. The van der Waals surface area contributed by atoms with Crippen LogP contribution >= 0.6 is 0 Å². The molecule has 0 fully saturated rings. The summed E-state index contributed by atoms with van der Waals surface area (Å²) in [6.07, 6.45) is 0. The van der Waals surface area contributed by atoms with Crippen molar-refractivity contribution in [2.24, 2.45) is 0 Å². The maximum absolute atomic E-state index is 7.57. The van der Waals surface area contributed by atoms with Crippen molar-refractivity contribution in [3.8, 4) is 0 Å². The average molecular weight is 179 g/mol. The van der Waals surface area contributed by atoms with Crippen molar-refractivity contribution in [1.82, 2.24) is 0 Å². The number of halogens is 1. The molecule has 0 aliphatic heterocycles. The fourth-order valence-corrected chi connectivity index (χ4v) is 0. The van der Waals surface area contributed by atoms with Gasteiger partial charge in [-0.05, 0) is 6.92 Å². The van der Waals surface area contributed by atoms with Gasteiger partial charge in [0.05, 0.1) is 0 Å². The van der Waals surface area contributed by atoms with Crippen LogP contribution in [0.15, 0.2) is 0 Å². The Hall–Kier alpha value is 1.21. The Morgan fingerprint density at radius 1 is 1.43 bits per heavy atom. The number of aliphatic hydroxyl groups excluding tert-OH is 1. The molecule has 0 bridgehead atoms. The number of aliphatic hydroxyl groups is 1. The van der Waals surface area contributed by atoms with Gasteiger partial charge in [0.25, 0.3) is 0 Å². The molecule has 0 heterocycles. The molecule has 0 spiro atoms. The first-order valence-electron chi connectivity index (χ1n) is 1.73. The Labute approximate surface area is 72.4 Å². The quantitative estimate of drug-likeness (QED) is 0.321. The monoisotopic (exact) mass is 178 g/mol. The predicted molar refractivity (Wildman–Crippen MR) is 29.5 cm³/mol. The molecule has 0 saturated carbocycles. The summed E-state index contributed by atoms with van der Waals surface area (Å²) in [5.41, 5.74) is 0. The van der Waals surface area contributed by atoms with Crippen molar-refractivity contribution >= 4 is 23.1 Å². The van der Waals surface area contributed by atoms with E-state index in [1.165, 1.54) is 0 Å². The summed E-state index contributed by atoms with van der Waals surface area (Å²) in [5, 5.41) is 7.57. The largest absolute Gasteiger partial charge is 2.00 e. The summed E-state index contributed by atoms with van der Waals surface area (Å²) in [6, 6.07) is 0. The predicted octanol–water partition coefficient (Wildman–Crippen LogP) is -2.54. The van der Waals surface area contributed by atoms with E-state index in [0.29, 0.717) is 0 Å².